The molecule has 2 nitrogen and oxygen atoms in total. The van der Waals surface area contributed by atoms with Gasteiger partial charge in [0.2, 0.25) is 0 Å². The molecule has 1 fully saturated rings. The first-order chi connectivity index (χ1) is 7.70. The van der Waals surface area contributed by atoms with Crippen molar-refractivity contribution in [3.05, 3.63) is 29.6 Å². The lowest BCUT2D eigenvalue weighted by Crippen LogP contribution is -2.24. The van der Waals surface area contributed by atoms with Crippen LogP contribution in [0, 0.1) is 18.7 Å². The van der Waals surface area contributed by atoms with Gasteiger partial charge in [-0.05, 0) is 56.6 Å². The van der Waals surface area contributed by atoms with E-state index in [1.807, 2.05) is 26.1 Å². The number of hydrogen-bond acceptors (Lipinski definition) is 2. The Morgan fingerprint density at radius 3 is 3.00 bits per heavy atom. The molecule has 1 aliphatic rings. The number of nitrogens with zero attached hydrogens (tertiary/aromatic N) is 1. The lowest BCUT2D eigenvalue weighted by Gasteiger charge is -2.19. The van der Waals surface area contributed by atoms with Crippen molar-refractivity contribution >= 4 is 5.69 Å². The molecule has 0 saturated carbocycles. The van der Waals surface area contributed by atoms with Crippen molar-refractivity contribution in [1.29, 1.82) is 0 Å². The summed E-state index contributed by atoms with van der Waals surface area (Å²) >= 11 is 0. The van der Waals surface area contributed by atoms with Gasteiger partial charge in [0.05, 0.1) is 0 Å². The Labute approximate surface area is 96.5 Å². The first-order valence-corrected chi connectivity index (χ1v) is 5.86. The molecular weight excluding hydrogens is 203 g/mol. The average molecular weight is 222 g/mol. The van der Waals surface area contributed by atoms with Crippen LogP contribution < -0.4 is 10.2 Å². The quantitative estimate of drug-likeness (QED) is 0.843. The zero-order chi connectivity index (χ0) is 11.5. The predicted molar refractivity (Wildman–Crippen MR) is 65.4 cm³/mol. The molecule has 0 amide bonds. The van der Waals surface area contributed by atoms with Gasteiger partial charge in [-0.2, -0.15) is 0 Å². The second-order valence-electron chi connectivity index (χ2n) is 4.59. The van der Waals surface area contributed by atoms with Crippen LogP contribution in [-0.4, -0.2) is 26.7 Å². The molecule has 1 aromatic carbocycles. The summed E-state index contributed by atoms with van der Waals surface area (Å²) < 4.78 is 13.2. The van der Waals surface area contributed by atoms with E-state index in [1.54, 1.807) is 6.07 Å². The maximum atomic E-state index is 13.2. The minimum Gasteiger partial charge on any atom is -0.371 e. The highest BCUT2D eigenvalue weighted by Gasteiger charge is 2.22. The molecule has 0 bridgehead atoms. The summed E-state index contributed by atoms with van der Waals surface area (Å²) in [4.78, 5) is 2.34. The van der Waals surface area contributed by atoms with Gasteiger partial charge in [0.25, 0.3) is 0 Å². The number of rotatable bonds is 3. The van der Waals surface area contributed by atoms with Crippen LogP contribution in [-0.2, 0) is 0 Å². The second kappa shape index (κ2) is 4.83. The van der Waals surface area contributed by atoms with Crippen molar-refractivity contribution in [2.75, 3.05) is 31.6 Å². The molecule has 1 heterocycles. The maximum Gasteiger partial charge on any atom is 0.126 e. The molecule has 0 aliphatic carbocycles. The number of halogens is 1. The minimum atomic E-state index is -0.116. The van der Waals surface area contributed by atoms with Crippen molar-refractivity contribution < 1.29 is 4.39 Å². The highest BCUT2D eigenvalue weighted by atomic mass is 19.1. The van der Waals surface area contributed by atoms with Crippen LogP contribution in [0.3, 0.4) is 0 Å². The first-order valence-electron chi connectivity index (χ1n) is 5.86. The van der Waals surface area contributed by atoms with E-state index < -0.39 is 0 Å². The van der Waals surface area contributed by atoms with Gasteiger partial charge in [-0.3, -0.25) is 0 Å². The molecule has 0 radical (unpaired) electrons. The van der Waals surface area contributed by atoms with E-state index in [2.05, 4.69) is 10.2 Å². The highest BCUT2D eigenvalue weighted by molar-refractivity contribution is 5.49. The van der Waals surface area contributed by atoms with Crippen molar-refractivity contribution in [3.8, 4) is 0 Å². The fourth-order valence-electron chi connectivity index (χ4n) is 2.35. The summed E-state index contributed by atoms with van der Waals surface area (Å²) in [7, 11) is 1.99. The standard InChI is InChI=1S/C13H19FN2/c1-10-7-12(3-4-13(10)14)16-6-5-11(9-16)8-15-2/h3-4,7,11,15H,5-6,8-9H2,1-2H3. The van der Waals surface area contributed by atoms with Crippen molar-refractivity contribution in [3.63, 3.8) is 0 Å². The summed E-state index contributed by atoms with van der Waals surface area (Å²) in [5, 5.41) is 3.22. The normalized spacial score (nSPS) is 20.4. The van der Waals surface area contributed by atoms with Gasteiger partial charge in [0, 0.05) is 18.8 Å². The molecule has 16 heavy (non-hydrogen) atoms. The van der Waals surface area contributed by atoms with E-state index in [-0.39, 0.29) is 5.82 Å². The van der Waals surface area contributed by atoms with E-state index in [9.17, 15) is 4.39 Å². The smallest absolute Gasteiger partial charge is 0.126 e. The largest absolute Gasteiger partial charge is 0.371 e. The first kappa shape index (κ1) is 11.4. The lowest BCUT2D eigenvalue weighted by atomic mass is 10.1. The van der Waals surface area contributed by atoms with E-state index >= 15 is 0 Å². The minimum absolute atomic E-state index is 0.116. The average Bonchev–Trinajstić information content (AvgIpc) is 2.71. The summed E-state index contributed by atoms with van der Waals surface area (Å²) in [6.45, 7) is 5.04. The molecule has 2 rings (SSSR count). The van der Waals surface area contributed by atoms with Crippen LogP contribution >= 0.6 is 0 Å². The molecular formula is C13H19FN2. The van der Waals surface area contributed by atoms with E-state index in [0.717, 1.165) is 36.8 Å². The van der Waals surface area contributed by atoms with Gasteiger partial charge in [-0.15, -0.1) is 0 Å². The molecule has 0 spiro atoms. The summed E-state index contributed by atoms with van der Waals surface area (Å²) in [6.07, 6.45) is 1.22. The zero-order valence-electron chi connectivity index (χ0n) is 9.96. The molecule has 1 saturated heterocycles. The van der Waals surface area contributed by atoms with Gasteiger partial charge < -0.3 is 10.2 Å². The molecule has 1 N–H and O–H groups in total. The van der Waals surface area contributed by atoms with Gasteiger partial charge in [0.15, 0.2) is 0 Å². The van der Waals surface area contributed by atoms with E-state index in [1.165, 1.54) is 6.42 Å². The van der Waals surface area contributed by atoms with Crippen LogP contribution in [0.15, 0.2) is 18.2 Å². The van der Waals surface area contributed by atoms with Crippen LogP contribution in [0.1, 0.15) is 12.0 Å². The van der Waals surface area contributed by atoms with E-state index in [4.69, 9.17) is 0 Å². The van der Waals surface area contributed by atoms with Crippen LogP contribution in [0.2, 0.25) is 0 Å². The fourth-order valence-corrected chi connectivity index (χ4v) is 2.35. The van der Waals surface area contributed by atoms with Gasteiger partial charge in [-0.25, -0.2) is 4.39 Å². The Kier molecular flexibility index (Phi) is 3.44. The third-order valence-electron chi connectivity index (χ3n) is 3.29. The van der Waals surface area contributed by atoms with Gasteiger partial charge in [-0.1, -0.05) is 0 Å². The Morgan fingerprint density at radius 1 is 1.50 bits per heavy atom. The summed E-state index contributed by atoms with van der Waals surface area (Å²) in [5.74, 6) is 0.602. The SMILES string of the molecule is CNCC1CCN(c2ccc(F)c(C)c2)C1. The topological polar surface area (TPSA) is 15.3 Å². The number of anilines is 1. The van der Waals surface area contributed by atoms with Crippen LogP contribution in [0.5, 0.6) is 0 Å². The number of benzene rings is 1. The molecule has 1 aliphatic heterocycles. The third-order valence-corrected chi connectivity index (χ3v) is 3.29. The number of aryl methyl sites for hydroxylation is 1. The molecule has 0 aromatic heterocycles. The van der Waals surface area contributed by atoms with Crippen molar-refractivity contribution in [2.45, 2.75) is 13.3 Å². The highest BCUT2D eigenvalue weighted by Crippen LogP contribution is 2.25. The van der Waals surface area contributed by atoms with E-state index in [0.29, 0.717) is 0 Å². The Bertz CT molecular complexity index is 365. The predicted octanol–water partition coefficient (Wildman–Crippen LogP) is 2.18. The van der Waals surface area contributed by atoms with Crippen molar-refractivity contribution in [1.82, 2.24) is 5.32 Å². The van der Waals surface area contributed by atoms with Gasteiger partial charge >= 0.3 is 0 Å². The lowest BCUT2D eigenvalue weighted by molar-refractivity contribution is 0.549. The zero-order valence-corrected chi connectivity index (χ0v) is 9.96. The Hall–Kier alpha value is -1.09. The number of nitrogens with one attached hydrogen (secondary N) is 1. The summed E-state index contributed by atoms with van der Waals surface area (Å²) in [5.41, 5.74) is 1.88. The number of hydrogen-bond donors (Lipinski definition) is 1. The molecule has 88 valence electrons. The van der Waals surface area contributed by atoms with Crippen LogP contribution in [0.4, 0.5) is 10.1 Å². The van der Waals surface area contributed by atoms with Crippen LogP contribution in [0.25, 0.3) is 0 Å². The molecule has 3 heteroatoms. The Balaban J connectivity index is 2.05. The summed E-state index contributed by atoms with van der Waals surface area (Å²) in [6, 6.07) is 5.39. The fraction of sp³-hybridized carbons (Fsp3) is 0.538. The second-order valence-corrected chi connectivity index (χ2v) is 4.59. The monoisotopic (exact) mass is 222 g/mol. The third kappa shape index (κ3) is 2.35. The molecule has 1 atom stereocenters. The molecule has 1 aromatic rings. The maximum absolute atomic E-state index is 13.2. The molecule has 1 unspecified atom stereocenters. The van der Waals surface area contributed by atoms with Gasteiger partial charge in [0.1, 0.15) is 5.82 Å². The Morgan fingerprint density at radius 2 is 2.31 bits per heavy atom. The van der Waals surface area contributed by atoms with Crippen molar-refractivity contribution in [2.24, 2.45) is 5.92 Å².